The van der Waals surface area contributed by atoms with Gasteiger partial charge in [-0.25, -0.2) is 13.6 Å². The summed E-state index contributed by atoms with van der Waals surface area (Å²) in [5.41, 5.74) is 2.19. The number of nitrogens with two attached hydrogens (primary N) is 1. The average molecular weight is 240 g/mol. The molecule has 1 aliphatic carbocycles. The molecule has 0 aromatic heterocycles. The lowest BCUT2D eigenvalue weighted by Crippen LogP contribution is -2.16. The van der Waals surface area contributed by atoms with E-state index in [1.807, 2.05) is 0 Å². The topological polar surface area (TPSA) is 92.8 Å². The van der Waals surface area contributed by atoms with Crippen LogP contribution in [-0.4, -0.2) is 19.3 Å². The monoisotopic (exact) mass is 240 g/mol. The molecule has 0 unspecified atom stereocenters. The second-order valence-corrected chi connectivity index (χ2v) is 5.33. The Morgan fingerprint density at radius 3 is 2.69 bits per heavy atom. The number of hydrogen-bond donors (Lipinski definition) is 2. The minimum Gasteiger partial charge on any atom is -0.411 e. The van der Waals surface area contributed by atoms with Crippen molar-refractivity contribution in [3.05, 3.63) is 29.3 Å². The summed E-state index contributed by atoms with van der Waals surface area (Å²) in [5, 5.41) is 17.1. The second-order valence-electron chi connectivity index (χ2n) is 3.76. The van der Waals surface area contributed by atoms with Gasteiger partial charge >= 0.3 is 0 Å². The van der Waals surface area contributed by atoms with Gasteiger partial charge in [0.2, 0.25) is 10.0 Å². The second kappa shape index (κ2) is 3.88. The fourth-order valence-electron chi connectivity index (χ4n) is 1.90. The van der Waals surface area contributed by atoms with E-state index < -0.39 is 10.0 Å². The van der Waals surface area contributed by atoms with Crippen LogP contribution in [0.5, 0.6) is 0 Å². The summed E-state index contributed by atoms with van der Waals surface area (Å²) in [5.74, 6) is 0. The zero-order valence-electron chi connectivity index (χ0n) is 8.55. The molecule has 3 N–H and O–H groups in total. The van der Waals surface area contributed by atoms with E-state index >= 15 is 0 Å². The quantitative estimate of drug-likeness (QED) is 0.563. The van der Waals surface area contributed by atoms with Gasteiger partial charge in [0.15, 0.2) is 0 Å². The van der Waals surface area contributed by atoms with Crippen LogP contribution < -0.4 is 5.14 Å². The van der Waals surface area contributed by atoms with E-state index in [0.29, 0.717) is 17.7 Å². The number of primary sulfonamides is 1. The molecule has 0 atom stereocenters. The van der Waals surface area contributed by atoms with Crippen molar-refractivity contribution in [2.24, 2.45) is 10.3 Å². The number of fused-ring (bicyclic) bond motifs is 1. The average Bonchev–Trinajstić information content (AvgIpc) is 2.26. The maximum Gasteiger partial charge on any atom is 0.238 e. The van der Waals surface area contributed by atoms with Crippen molar-refractivity contribution in [3.8, 4) is 0 Å². The zero-order chi connectivity index (χ0) is 11.8. The highest BCUT2D eigenvalue weighted by atomic mass is 32.2. The van der Waals surface area contributed by atoms with Crippen molar-refractivity contribution in [1.82, 2.24) is 0 Å². The third-order valence-corrected chi connectivity index (χ3v) is 3.61. The first-order valence-electron chi connectivity index (χ1n) is 4.89. The van der Waals surface area contributed by atoms with Crippen LogP contribution in [0.4, 0.5) is 0 Å². The summed E-state index contributed by atoms with van der Waals surface area (Å²) >= 11 is 0. The van der Waals surface area contributed by atoms with Gasteiger partial charge < -0.3 is 5.21 Å². The van der Waals surface area contributed by atoms with Crippen molar-refractivity contribution in [3.63, 3.8) is 0 Å². The van der Waals surface area contributed by atoms with E-state index in [0.717, 1.165) is 18.4 Å². The maximum absolute atomic E-state index is 11.2. The van der Waals surface area contributed by atoms with Crippen LogP contribution in [-0.2, 0) is 16.4 Å². The molecule has 0 fully saturated rings. The number of rotatable bonds is 1. The van der Waals surface area contributed by atoms with Crippen molar-refractivity contribution in [2.45, 2.75) is 24.2 Å². The van der Waals surface area contributed by atoms with Crippen LogP contribution in [0.25, 0.3) is 0 Å². The van der Waals surface area contributed by atoms with Gasteiger partial charge in [0.25, 0.3) is 0 Å². The molecule has 0 bridgehead atoms. The number of benzene rings is 1. The van der Waals surface area contributed by atoms with E-state index in [1.54, 1.807) is 6.07 Å². The fourth-order valence-corrected chi connectivity index (χ4v) is 2.44. The van der Waals surface area contributed by atoms with Crippen molar-refractivity contribution in [2.75, 3.05) is 0 Å². The number of nitrogens with zero attached hydrogens (tertiary/aromatic N) is 1. The van der Waals surface area contributed by atoms with Gasteiger partial charge in [-0.1, -0.05) is 11.2 Å². The van der Waals surface area contributed by atoms with Gasteiger partial charge in [0.1, 0.15) is 0 Å². The first-order chi connectivity index (χ1) is 7.52. The minimum atomic E-state index is -3.70. The number of oxime groups is 1. The summed E-state index contributed by atoms with van der Waals surface area (Å²) < 4.78 is 22.4. The molecule has 0 saturated carbocycles. The predicted molar refractivity (Wildman–Crippen MR) is 59.1 cm³/mol. The lowest BCUT2D eigenvalue weighted by atomic mass is 9.90. The molecule has 1 aliphatic rings. The molecule has 1 aromatic carbocycles. The third-order valence-electron chi connectivity index (χ3n) is 2.70. The molecule has 5 nitrogen and oxygen atoms in total. The molecule has 0 saturated heterocycles. The Kier molecular flexibility index (Phi) is 2.69. The van der Waals surface area contributed by atoms with Crippen LogP contribution in [0.15, 0.2) is 28.3 Å². The van der Waals surface area contributed by atoms with Crippen molar-refractivity contribution >= 4 is 15.7 Å². The molecule has 1 aromatic rings. The van der Waals surface area contributed by atoms with E-state index in [2.05, 4.69) is 5.16 Å². The molecule has 0 amide bonds. The molecule has 0 radical (unpaired) electrons. The van der Waals surface area contributed by atoms with Gasteiger partial charge in [-0.3, -0.25) is 0 Å². The van der Waals surface area contributed by atoms with Crippen LogP contribution in [0.3, 0.4) is 0 Å². The standard InChI is InChI=1S/C10H12N2O3S/c11-16(14,15)8-5-4-7-2-1-3-10(12-13)9(7)6-8/h4-6,13H,1-3H2,(H2,11,14,15)/b12-10+. The molecular weight excluding hydrogens is 228 g/mol. The highest BCUT2D eigenvalue weighted by molar-refractivity contribution is 7.89. The fraction of sp³-hybridized carbons (Fsp3) is 0.300. The molecule has 16 heavy (non-hydrogen) atoms. The van der Waals surface area contributed by atoms with Crippen LogP contribution in [0.1, 0.15) is 24.0 Å². The molecule has 2 rings (SSSR count). The Labute approximate surface area is 93.6 Å². The van der Waals surface area contributed by atoms with E-state index in [9.17, 15) is 8.42 Å². The molecule has 0 aliphatic heterocycles. The maximum atomic E-state index is 11.2. The smallest absolute Gasteiger partial charge is 0.238 e. The van der Waals surface area contributed by atoms with E-state index in [1.165, 1.54) is 12.1 Å². The SMILES string of the molecule is NS(=O)(=O)c1ccc2c(c1)/C(=N/O)CCC2. The summed E-state index contributed by atoms with van der Waals surface area (Å²) in [6, 6.07) is 4.67. The molecule has 6 heteroatoms. The first-order valence-corrected chi connectivity index (χ1v) is 6.44. The molecule has 0 heterocycles. The van der Waals surface area contributed by atoms with Gasteiger partial charge in [-0.2, -0.15) is 0 Å². The zero-order valence-corrected chi connectivity index (χ0v) is 9.37. The number of aryl methyl sites for hydroxylation is 1. The van der Waals surface area contributed by atoms with Crippen LogP contribution in [0.2, 0.25) is 0 Å². The van der Waals surface area contributed by atoms with Gasteiger partial charge in [0.05, 0.1) is 10.6 Å². The number of hydrogen-bond acceptors (Lipinski definition) is 4. The Balaban J connectivity index is 2.60. The predicted octanol–water partition coefficient (Wildman–Crippen LogP) is 0.849. The Bertz CT molecular complexity index is 549. The summed E-state index contributed by atoms with van der Waals surface area (Å²) in [6.45, 7) is 0. The van der Waals surface area contributed by atoms with E-state index in [4.69, 9.17) is 10.3 Å². The minimum absolute atomic E-state index is 0.0503. The molecular formula is C10H12N2O3S. The Hall–Kier alpha value is -1.40. The summed E-state index contributed by atoms with van der Waals surface area (Å²) in [6.07, 6.45) is 2.41. The van der Waals surface area contributed by atoms with Crippen molar-refractivity contribution < 1.29 is 13.6 Å². The van der Waals surface area contributed by atoms with Crippen LogP contribution >= 0.6 is 0 Å². The summed E-state index contributed by atoms with van der Waals surface area (Å²) in [4.78, 5) is 0.0503. The third kappa shape index (κ3) is 1.94. The molecule has 86 valence electrons. The molecule has 0 spiro atoms. The van der Waals surface area contributed by atoms with Crippen molar-refractivity contribution in [1.29, 1.82) is 0 Å². The van der Waals surface area contributed by atoms with Crippen LogP contribution in [0, 0.1) is 0 Å². The Morgan fingerprint density at radius 2 is 2.06 bits per heavy atom. The highest BCUT2D eigenvalue weighted by Gasteiger charge is 2.18. The highest BCUT2D eigenvalue weighted by Crippen LogP contribution is 2.24. The van der Waals surface area contributed by atoms with Gasteiger partial charge in [-0.15, -0.1) is 0 Å². The lowest BCUT2D eigenvalue weighted by molar-refractivity contribution is 0.317. The largest absolute Gasteiger partial charge is 0.411 e. The van der Waals surface area contributed by atoms with Gasteiger partial charge in [-0.05, 0) is 37.0 Å². The first kappa shape index (κ1) is 11.1. The normalized spacial score (nSPS) is 18.4. The van der Waals surface area contributed by atoms with Gasteiger partial charge in [0, 0.05) is 5.56 Å². The lowest BCUT2D eigenvalue weighted by Gasteiger charge is -2.17. The van der Waals surface area contributed by atoms with E-state index in [-0.39, 0.29) is 4.90 Å². The summed E-state index contributed by atoms with van der Waals surface area (Å²) in [7, 11) is -3.70. The Morgan fingerprint density at radius 1 is 1.31 bits per heavy atom. The number of sulfonamides is 1.